The van der Waals surface area contributed by atoms with Gasteiger partial charge in [-0.1, -0.05) is 66.7 Å². The number of allylic oxidation sites excluding steroid dienone is 1. The fraction of sp³-hybridized carbons (Fsp3) is 0.0909. The molecular formula is C22H20N2O2. The van der Waals surface area contributed by atoms with Crippen LogP contribution in [0.1, 0.15) is 12.5 Å². The Morgan fingerprint density at radius 1 is 1.00 bits per heavy atom. The van der Waals surface area contributed by atoms with Gasteiger partial charge in [-0.3, -0.25) is 4.79 Å². The summed E-state index contributed by atoms with van der Waals surface area (Å²) >= 11 is 0. The lowest BCUT2D eigenvalue weighted by molar-refractivity contribution is -0.123. The number of benzene rings is 3. The van der Waals surface area contributed by atoms with Crippen molar-refractivity contribution >= 4 is 28.5 Å². The molecule has 0 spiro atoms. The van der Waals surface area contributed by atoms with Crippen molar-refractivity contribution < 1.29 is 9.53 Å². The van der Waals surface area contributed by atoms with Gasteiger partial charge in [0, 0.05) is 0 Å². The lowest BCUT2D eigenvalue weighted by Gasteiger charge is -2.06. The van der Waals surface area contributed by atoms with E-state index >= 15 is 0 Å². The predicted octanol–water partition coefficient (Wildman–Crippen LogP) is 4.42. The molecule has 0 aliphatic rings. The Balaban J connectivity index is 1.50. The van der Waals surface area contributed by atoms with Crippen LogP contribution in [0.4, 0.5) is 0 Å². The number of fused-ring (bicyclic) bond motifs is 1. The first kappa shape index (κ1) is 17.4. The van der Waals surface area contributed by atoms with Crippen LogP contribution in [-0.2, 0) is 4.79 Å². The van der Waals surface area contributed by atoms with Gasteiger partial charge in [0.1, 0.15) is 5.75 Å². The predicted molar refractivity (Wildman–Crippen MR) is 106 cm³/mol. The summed E-state index contributed by atoms with van der Waals surface area (Å²) in [6, 6.07) is 23.7. The van der Waals surface area contributed by atoms with E-state index in [1.54, 1.807) is 0 Å². The van der Waals surface area contributed by atoms with E-state index in [0.29, 0.717) is 11.5 Å². The molecular weight excluding hydrogens is 324 g/mol. The van der Waals surface area contributed by atoms with Gasteiger partial charge >= 0.3 is 0 Å². The number of rotatable bonds is 6. The highest BCUT2D eigenvalue weighted by molar-refractivity contribution is 5.97. The number of nitrogens with one attached hydrogen (secondary N) is 1. The van der Waals surface area contributed by atoms with E-state index < -0.39 is 0 Å². The Labute approximate surface area is 152 Å². The van der Waals surface area contributed by atoms with Gasteiger partial charge in [0.25, 0.3) is 5.91 Å². The molecule has 0 saturated heterocycles. The molecule has 26 heavy (non-hydrogen) atoms. The maximum atomic E-state index is 11.9. The molecule has 0 radical (unpaired) electrons. The molecule has 3 rings (SSSR count). The van der Waals surface area contributed by atoms with Crippen molar-refractivity contribution in [1.82, 2.24) is 5.43 Å². The highest BCUT2D eigenvalue weighted by Crippen LogP contribution is 2.20. The van der Waals surface area contributed by atoms with Gasteiger partial charge in [0.15, 0.2) is 6.61 Å². The summed E-state index contributed by atoms with van der Waals surface area (Å²) in [5.74, 6) is 0.356. The van der Waals surface area contributed by atoms with Crippen molar-refractivity contribution in [2.75, 3.05) is 6.61 Å². The summed E-state index contributed by atoms with van der Waals surface area (Å²) in [7, 11) is 0. The number of amides is 1. The minimum Gasteiger partial charge on any atom is -0.484 e. The number of nitrogens with zero attached hydrogens (tertiary/aromatic N) is 1. The fourth-order valence-electron chi connectivity index (χ4n) is 2.41. The zero-order valence-electron chi connectivity index (χ0n) is 14.6. The molecule has 3 aromatic carbocycles. The molecule has 0 atom stereocenters. The number of hydrazone groups is 1. The second-order valence-corrected chi connectivity index (χ2v) is 5.83. The number of hydrogen-bond acceptors (Lipinski definition) is 3. The second-order valence-electron chi connectivity index (χ2n) is 5.83. The first-order valence-corrected chi connectivity index (χ1v) is 8.38. The topological polar surface area (TPSA) is 50.7 Å². The van der Waals surface area contributed by atoms with Crippen LogP contribution in [0.5, 0.6) is 5.75 Å². The molecule has 1 N–H and O–H groups in total. The van der Waals surface area contributed by atoms with E-state index in [9.17, 15) is 4.79 Å². The zero-order valence-corrected chi connectivity index (χ0v) is 14.6. The molecule has 0 aromatic heterocycles. The summed E-state index contributed by atoms with van der Waals surface area (Å²) in [5, 5.41) is 6.26. The maximum absolute atomic E-state index is 11.9. The summed E-state index contributed by atoms with van der Waals surface area (Å²) in [5.41, 5.74) is 4.28. The highest BCUT2D eigenvalue weighted by atomic mass is 16.5. The summed E-state index contributed by atoms with van der Waals surface area (Å²) in [6.07, 6.45) is 3.79. The van der Waals surface area contributed by atoms with Gasteiger partial charge in [-0.05, 0) is 41.5 Å². The maximum Gasteiger partial charge on any atom is 0.277 e. The third kappa shape index (κ3) is 5.05. The van der Waals surface area contributed by atoms with Crippen LogP contribution < -0.4 is 10.2 Å². The lowest BCUT2D eigenvalue weighted by atomic mass is 10.1. The third-order valence-corrected chi connectivity index (χ3v) is 3.76. The van der Waals surface area contributed by atoms with E-state index in [4.69, 9.17) is 4.74 Å². The average molecular weight is 344 g/mol. The molecule has 1 amide bonds. The Kier molecular flexibility index (Phi) is 5.78. The summed E-state index contributed by atoms with van der Waals surface area (Å²) in [4.78, 5) is 11.9. The monoisotopic (exact) mass is 344 g/mol. The van der Waals surface area contributed by atoms with E-state index in [1.807, 2.05) is 91.9 Å². The summed E-state index contributed by atoms with van der Waals surface area (Å²) < 4.78 is 5.54. The van der Waals surface area contributed by atoms with Crippen LogP contribution in [0.25, 0.3) is 16.8 Å². The molecule has 130 valence electrons. The van der Waals surface area contributed by atoms with Gasteiger partial charge in [-0.15, -0.1) is 0 Å². The molecule has 4 nitrogen and oxygen atoms in total. The molecule has 4 heteroatoms. The second kappa shape index (κ2) is 8.62. The Morgan fingerprint density at radius 3 is 2.54 bits per heavy atom. The average Bonchev–Trinajstić information content (AvgIpc) is 2.69. The molecule has 0 aliphatic carbocycles. The molecule has 0 heterocycles. The lowest BCUT2D eigenvalue weighted by Crippen LogP contribution is -2.25. The fourth-order valence-corrected chi connectivity index (χ4v) is 2.41. The molecule has 0 fully saturated rings. The quantitative estimate of drug-likeness (QED) is 0.531. The SMILES string of the molecule is CC(/C=C/c1ccccc1)=N\NC(=O)COc1ccc2ccccc2c1. The highest BCUT2D eigenvalue weighted by Gasteiger charge is 2.02. The molecule has 0 bridgehead atoms. The van der Waals surface area contributed by atoms with Gasteiger partial charge in [-0.2, -0.15) is 5.10 Å². The Hall–Kier alpha value is -3.40. The smallest absolute Gasteiger partial charge is 0.277 e. The van der Waals surface area contributed by atoms with Gasteiger partial charge in [0.05, 0.1) is 5.71 Å². The Bertz CT molecular complexity index is 947. The largest absolute Gasteiger partial charge is 0.484 e. The van der Waals surface area contributed by atoms with E-state index in [1.165, 1.54) is 0 Å². The van der Waals surface area contributed by atoms with Crippen molar-refractivity contribution in [2.45, 2.75) is 6.92 Å². The minimum absolute atomic E-state index is 0.0858. The number of hydrogen-bond donors (Lipinski definition) is 1. The van der Waals surface area contributed by atoms with Gasteiger partial charge in [0.2, 0.25) is 0 Å². The normalized spacial score (nSPS) is 11.7. The van der Waals surface area contributed by atoms with Crippen LogP contribution in [0.3, 0.4) is 0 Å². The number of ether oxygens (including phenoxy) is 1. The standard InChI is InChI=1S/C22H20N2O2/c1-17(11-12-18-7-3-2-4-8-18)23-24-22(25)16-26-21-14-13-19-9-5-6-10-20(19)15-21/h2-15H,16H2,1H3,(H,24,25)/b12-11+,23-17+. The van der Waals surface area contributed by atoms with Crippen molar-refractivity contribution in [3.05, 3.63) is 84.4 Å². The molecule has 0 unspecified atom stereocenters. The van der Waals surface area contributed by atoms with Crippen molar-refractivity contribution in [3.63, 3.8) is 0 Å². The van der Waals surface area contributed by atoms with Crippen molar-refractivity contribution in [2.24, 2.45) is 5.10 Å². The van der Waals surface area contributed by atoms with E-state index in [-0.39, 0.29) is 12.5 Å². The van der Waals surface area contributed by atoms with Gasteiger partial charge in [-0.25, -0.2) is 5.43 Å². The molecule has 0 saturated carbocycles. The van der Waals surface area contributed by atoms with E-state index in [0.717, 1.165) is 16.3 Å². The number of carbonyl (C=O) groups is 1. The van der Waals surface area contributed by atoms with E-state index in [2.05, 4.69) is 10.5 Å². The third-order valence-electron chi connectivity index (χ3n) is 3.76. The molecule has 3 aromatic rings. The first-order valence-electron chi connectivity index (χ1n) is 8.38. The first-order chi connectivity index (χ1) is 12.7. The van der Waals surface area contributed by atoms with Crippen LogP contribution in [0.2, 0.25) is 0 Å². The van der Waals surface area contributed by atoms with Gasteiger partial charge < -0.3 is 4.74 Å². The zero-order chi connectivity index (χ0) is 18.2. The summed E-state index contributed by atoms with van der Waals surface area (Å²) in [6.45, 7) is 1.74. The van der Waals surface area contributed by atoms with Crippen LogP contribution in [0.15, 0.2) is 84.0 Å². The van der Waals surface area contributed by atoms with Crippen LogP contribution in [0, 0.1) is 0 Å². The van der Waals surface area contributed by atoms with Crippen LogP contribution >= 0.6 is 0 Å². The minimum atomic E-state index is -0.300. The number of carbonyl (C=O) groups excluding carboxylic acids is 1. The molecule has 0 aliphatic heterocycles. The van der Waals surface area contributed by atoms with Crippen molar-refractivity contribution in [1.29, 1.82) is 0 Å². The Morgan fingerprint density at radius 2 is 1.73 bits per heavy atom. The van der Waals surface area contributed by atoms with Crippen LogP contribution in [-0.4, -0.2) is 18.2 Å². The van der Waals surface area contributed by atoms with Crippen molar-refractivity contribution in [3.8, 4) is 5.75 Å².